The van der Waals surface area contributed by atoms with Crippen molar-refractivity contribution in [1.29, 1.82) is 0 Å². The molecule has 1 fully saturated rings. The number of sulfonamides is 1. The molecule has 1 heterocycles. The van der Waals surface area contributed by atoms with Crippen molar-refractivity contribution in [1.82, 2.24) is 4.72 Å². The van der Waals surface area contributed by atoms with Crippen LogP contribution in [0, 0.1) is 0 Å². The molecule has 0 saturated carbocycles. The number of allylic oxidation sites excluding steroid dienone is 1. The first kappa shape index (κ1) is 18.8. The highest BCUT2D eigenvalue weighted by atomic mass is 32.2. The van der Waals surface area contributed by atoms with Crippen LogP contribution in [0.15, 0.2) is 40.8 Å². The summed E-state index contributed by atoms with van der Waals surface area (Å²) in [4.78, 5) is 25.2. The normalized spacial score (nSPS) is 18.8. The molecule has 0 atom stereocenters. The molecule has 0 bridgehead atoms. The predicted octanol–water partition coefficient (Wildman–Crippen LogP) is 2.90. The highest BCUT2D eigenvalue weighted by Gasteiger charge is 2.27. The van der Waals surface area contributed by atoms with E-state index in [0.29, 0.717) is 31.5 Å². The van der Waals surface area contributed by atoms with Gasteiger partial charge in [0, 0.05) is 19.4 Å². The number of nitrogens with one attached hydrogen (secondary N) is 1. The molecule has 1 aliphatic heterocycles. The van der Waals surface area contributed by atoms with Gasteiger partial charge in [-0.3, -0.25) is 14.5 Å². The topological polar surface area (TPSA) is 83.6 Å². The summed E-state index contributed by atoms with van der Waals surface area (Å²) >= 11 is 0. The van der Waals surface area contributed by atoms with Gasteiger partial charge >= 0.3 is 0 Å². The Labute approximate surface area is 154 Å². The molecule has 0 spiro atoms. The third-order valence-electron chi connectivity index (χ3n) is 4.81. The molecule has 1 saturated heterocycles. The third-order valence-corrected chi connectivity index (χ3v) is 6.29. The van der Waals surface area contributed by atoms with Gasteiger partial charge in [-0.2, -0.15) is 0 Å². The van der Waals surface area contributed by atoms with E-state index in [2.05, 4.69) is 10.8 Å². The van der Waals surface area contributed by atoms with Crippen molar-refractivity contribution in [3.05, 3.63) is 35.9 Å². The van der Waals surface area contributed by atoms with Crippen molar-refractivity contribution in [2.75, 3.05) is 11.4 Å². The van der Waals surface area contributed by atoms with Crippen molar-refractivity contribution in [2.45, 2.75) is 56.3 Å². The van der Waals surface area contributed by atoms with E-state index in [1.54, 1.807) is 0 Å². The highest BCUT2D eigenvalue weighted by Crippen LogP contribution is 2.24. The molecular weight excluding hydrogens is 352 g/mol. The van der Waals surface area contributed by atoms with E-state index < -0.39 is 10.0 Å². The van der Waals surface area contributed by atoms with Gasteiger partial charge < -0.3 is 0 Å². The van der Waals surface area contributed by atoms with Crippen LogP contribution in [0.2, 0.25) is 0 Å². The minimum Gasteiger partial charge on any atom is -0.274 e. The second-order valence-corrected chi connectivity index (χ2v) is 8.49. The van der Waals surface area contributed by atoms with Crippen molar-refractivity contribution in [3.8, 4) is 0 Å². The summed E-state index contributed by atoms with van der Waals surface area (Å²) in [6.07, 6.45) is 8.70. The largest absolute Gasteiger partial charge is 0.274 e. The zero-order chi connectivity index (χ0) is 18.6. The van der Waals surface area contributed by atoms with E-state index in [9.17, 15) is 18.0 Å². The maximum absolute atomic E-state index is 12.4. The number of hydrogen-bond donors (Lipinski definition) is 1. The van der Waals surface area contributed by atoms with Crippen molar-refractivity contribution in [3.63, 3.8) is 0 Å². The summed E-state index contributed by atoms with van der Waals surface area (Å²) in [5.74, 6) is -0.480. The lowest BCUT2D eigenvalue weighted by molar-refractivity contribution is -0.129. The Morgan fingerprint density at radius 3 is 2.23 bits per heavy atom. The van der Waals surface area contributed by atoms with Gasteiger partial charge in [0.25, 0.3) is 0 Å². The van der Waals surface area contributed by atoms with Gasteiger partial charge in [0.05, 0.1) is 10.6 Å². The minimum absolute atomic E-state index is 0.135. The lowest BCUT2D eigenvalue weighted by Gasteiger charge is -2.24. The molecule has 1 aromatic rings. The fraction of sp³-hybridized carbons (Fsp3) is 0.474. The van der Waals surface area contributed by atoms with E-state index in [-0.39, 0.29) is 16.7 Å². The summed E-state index contributed by atoms with van der Waals surface area (Å²) < 4.78 is 27.4. The van der Waals surface area contributed by atoms with Crippen molar-refractivity contribution < 1.29 is 18.0 Å². The Hall–Kier alpha value is -1.99. The van der Waals surface area contributed by atoms with Crippen molar-refractivity contribution in [2.24, 2.45) is 0 Å². The number of carbonyl (C=O) groups is 2. The van der Waals surface area contributed by atoms with Crippen LogP contribution in [-0.2, 0) is 19.6 Å². The van der Waals surface area contributed by atoms with Gasteiger partial charge in [0.15, 0.2) is 0 Å². The van der Waals surface area contributed by atoms with Crippen LogP contribution in [0.5, 0.6) is 0 Å². The third kappa shape index (κ3) is 4.40. The summed E-state index contributed by atoms with van der Waals surface area (Å²) in [5.41, 5.74) is 1.74. The number of hydrogen-bond acceptors (Lipinski definition) is 4. The Kier molecular flexibility index (Phi) is 5.88. The Morgan fingerprint density at radius 2 is 1.62 bits per heavy atom. The van der Waals surface area contributed by atoms with Gasteiger partial charge in [-0.05, 0) is 62.8 Å². The molecular formula is C19H24N2O4S. The molecule has 26 heavy (non-hydrogen) atoms. The van der Waals surface area contributed by atoms with Crippen LogP contribution in [0.1, 0.15) is 51.4 Å². The van der Waals surface area contributed by atoms with Gasteiger partial charge in [0.2, 0.25) is 21.8 Å². The summed E-state index contributed by atoms with van der Waals surface area (Å²) in [6, 6.07) is 5.90. The van der Waals surface area contributed by atoms with E-state index in [1.807, 2.05) is 0 Å². The molecule has 1 N–H and O–H groups in total. The van der Waals surface area contributed by atoms with Gasteiger partial charge in [-0.1, -0.05) is 11.6 Å². The van der Waals surface area contributed by atoms with Crippen LogP contribution >= 0.6 is 0 Å². The second kappa shape index (κ2) is 8.14. The molecule has 7 heteroatoms. The van der Waals surface area contributed by atoms with E-state index >= 15 is 0 Å². The predicted molar refractivity (Wildman–Crippen MR) is 99.1 cm³/mol. The fourth-order valence-electron chi connectivity index (χ4n) is 3.38. The number of benzene rings is 1. The number of nitrogens with zero attached hydrogens (tertiary/aromatic N) is 1. The Bertz CT molecular complexity index is 796. The standard InChI is InChI=1S/C19H24N2O4S/c22-18-7-4-8-19(23)21(18)16-9-11-17(12-10-16)26(24,25)20-14-13-15-5-2-1-3-6-15/h5,9-12,20H,1-4,6-8,13-14H2. The zero-order valence-corrected chi connectivity index (χ0v) is 15.6. The second-order valence-electron chi connectivity index (χ2n) is 6.73. The molecule has 140 valence electrons. The quantitative estimate of drug-likeness (QED) is 0.611. The van der Waals surface area contributed by atoms with Crippen LogP contribution in [-0.4, -0.2) is 26.8 Å². The molecule has 0 aromatic heterocycles. The molecule has 3 rings (SSSR count). The van der Waals surface area contributed by atoms with E-state index in [1.165, 1.54) is 42.7 Å². The maximum Gasteiger partial charge on any atom is 0.240 e. The molecule has 1 aromatic carbocycles. The number of anilines is 1. The molecule has 2 aliphatic rings. The van der Waals surface area contributed by atoms with E-state index in [4.69, 9.17) is 0 Å². The average Bonchev–Trinajstić information content (AvgIpc) is 2.63. The number of amides is 2. The van der Waals surface area contributed by atoms with E-state index in [0.717, 1.165) is 24.2 Å². The smallest absolute Gasteiger partial charge is 0.240 e. The van der Waals surface area contributed by atoms with Crippen LogP contribution in [0.25, 0.3) is 0 Å². The van der Waals surface area contributed by atoms with Gasteiger partial charge in [0.1, 0.15) is 0 Å². The fourth-order valence-corrected chi connectivity index (χ4v) is 4.41. The monoisotopic (exact) mass is 376 g/mol. The average molecular weight is 376 g/mol. The van der Waals surface area contributed by atoms with Crippen LogP contribution < -0.4 is 9.62 Å². The first-order chi connectivity index (χ1) is 12.5. The lowest BCUT2D eigenvalue weighted by Crippen LogP contribution is -2.40. The molecule has 2 amide bonds. The summed E-state index contributed by atoms with van der Waals surface area (Å²) in [5, 5.41) is 0. The summed E-state index contributed by atoms with van der Waals surface area (Å²) in [7, 11) is -3.60. The maximum atomic E-state index is 12.4. The first-order valence-corrected chi connectivity index (χ1v) is 10.6. The number of carbonyl (C=O) groups excluding carboxylic acids is 2. The van der Waals surface area contributed by atoms with Crippen molar-refractivity contribution >= 4 is 27.5 Å². The van der Waals surface area contributed by atoms with Crippen LogP contribution in [0.4, 0.5) is 5.69 Å². The molecule has 1 aliphatic carbocycles. The highest BCUT2D eigenvalue weighted by molar-refractivity contribution is 7.89. The van der Waals surface area contributed by atoms with Gasteiger partial charge in [-0.15, -0.1) is 0 Å². The Balaban J connectivity index is 1.64. The number of piperidine rings is 1. The molecule has 0 radical (unpaired) electrons. The molecule has 0 unspecified atom stereocenters. The number of imide groups is 1. The Morgan fingerprint density at radius 1 is 0.923 bits per heavy atom. The molecule has 6 nitrogen and oxygen atoms in total. The van der Waals surface area contributed by atoms with Gasteiger partial charge in [-0.25, -0.2) is 13.1 Å². The minimum atomic E-state index is -3.60. The SMILES string of the molecule is O=C1CCCC(=O)N1c1ccc(S(=O)(=O)NCCC2=CCCCC2)cc1. The summed E-state index contributed by atoms with van der Waals surface area (Å²) in [6.45, 7) is 0.374. The first-order valence-electron chi connectivity index (χ1n) is 9.11. The zero-order valence-electron chi connectivity index (χ0n) is 14.7. The van der Waals surface area contributed by atoms with Crippen LogP contribution in [0.3, 0.4) is 0 Å². The number of rotatable bonds is 6. The lowest BCUT2D eigenvalue weighted by atomic mass is 9.97.